The van der Waals surface area contributed by atoms with Crippen LogP contribution in [0.25, 0.3) is 0 Å². The zero-order valence-corrected chi connectivity index (χ0v) is 21.7. The Morgan fingerprint density at radius 2 is 1.83 bits per heavy atom. The summed E-state index contributed by atoms with van der Waals surface area (Å²) in [6, 6.07) is 6.11. The van der Waals surface area contributed by atoms with E-state index in [2.05, 4.69) is 29.3 Å². The van der Waals surface area contributed by atoms with Crippen molar-refractivity contribution in [3.63, 3.8) is 0 Å². The molecular formula is C27H40ClFN4O2. The largest absolute Gasteiger partial charge is 0.341 e. The van der Waals surface area contributed by atoms with Gasteiger partial charge in [-0.25, -0.2) is 9.18 Å². The molecule has 0 radical (unpaired) electrons. The summed E-state index contributed by atoms with van der Waals surface area (Å²) >= 11 is 6.39. The van der Waals surface area contributed by atoms with E-state index in [0.717, 1.165) is 69.7 Å². The Morgan fingerprint density at radius 1 is 1.09 bits per heavy atom. The number of amides is 3. The van der Waals surface area contributed by atoms with E-state index in [0.29, 0.717) is 37.9 Å². The highest BCUT2D eigenvalue weighted by atomic mass is 35.5. The molecule has 1 N–H and O–H groups in total. The average molecular weight is 507 g/mol. The van der Waals surface area contributed by atoms with Gasteiger partial charge in [0.2, 0.25) is 5.91 Å². The number of hydrogen-bond acceptors (Lipinski definition) is 3. The first-order valence-corrected chi connectivity index (χ1v) is 13.8. The van der Waals surface area contributed by atoms with Crippen molar-refractivity contribution < 1.29 is 14.0 Å². The zero-order valence-electron chi connectivity index (χ0n) is 21.0. The van der Waals surface area contributed by atoms with Crippen LogP contribution in [-0.4, -0.2) is 85.2 Å². The van der Waals surface area contributed by atoms with Crippen LogP contribution in [0, 0.1) is 5.92 Å². The summed E-state index contributed by atoms with van der Waals surface area (Å²) in [4.78, 5) is 30.8. The summed E-state index contributed by atoms with van der Waals surface area (Å²) < 4.78 is 13.7. The zero-order chi connectivity index (χ0) is 24.8. The van der Waals surface area contributed by atoms with Crippen LogP contribution in [0.1, 0.15) is 62.5 Å². The van der Waals surface area contributed by atoms with Crippen molar-refractivity contribution in [1.82, 2.24) is 20.0 Å². The van der Waals surface area contributed by atoms with E-state index in [1.165, 1.54) is 11.1 Å². The second kappa shape index (κ2) is 12.4. The number of alkyl halides is 1. The quantitative estimate of drug-likeness (QED) is 0.566. The summed E-state index contributed by atoms with van der Waals surface area (Å²) in [5.41, 5.74) is 2.63. The Labute approximate surface area is 214 Å². The van der Waals surface area contributed by atoms with Gasteiger partial charge in [0.25, 0.3) is 0 Å². The van der Waals surface area contributed by atoms with E-state index in [1.54, 1.807) is 4.90 Å². The van der Waals surface area contributed by atoms with Crippen LogP contribution < -0.4 is 5.32 Å². The fourth-order valence-corrected chi connectivity index (χ4v) is 6.04. The molecule has 4 rings (SSSR count). The van der Waals surface area contributed by atoms with Crippen LogP contribution in [0.15, 0.2) is 18.2 Å². The minimum Gasteiger partial charge on any atom is -0.341 e. The fourth-order valence-electron chi connectivity index (χ4n) is 5.85. The Balaban J connectivity index is 1.30. The summed E-state index contributed by atoms with van der Waals surface area (Å²) in [5.74, 6) is 0.860. The van der Waals surface area contributed by atoms with Crippen molar-refractivity contribution in [3.8, 4) is 0 Å². The molecule has 3 amide bonds. The molecule has 35 heavy (non-hydrogen) atoms. The predicted molar refractivity (Wildman–Crippen MR) is 138 cm³/mol. The molecule has 1 aromatic rings. The van der Waals surface area contributed by atoms with Gasteiger partial charge in [0.1, 0.15) is 6.17 Å². The van der Waals surface area contributed by atoms with Crippen molar-refractivity contribution in [2.24, 2.45) is 5.92 Å². The third-order valence-corrected chi connectivity index (χ3v) is 8.23. The maximum atomic E-state index is 13.7. The first-order valence-electron chi connectivity index (χ1n) is 13.4. The molecule has 3 saturated heterocycles. The first kappa shape index (κ1) is 26.2. The lowest BCUT2D eigenvalue weighted by Crippen LogP contribution is -2.46. The van der Waals surface area contributed by atoms with Crippen LogP contribution in [-0.2, 0) is 11.2 Å². The first-order chi connectivity index (χ1) is 16.9. The van der Waals surface area contributed by atoms with E-state index in [1.807, 2.05) is 11.0 Å². The topological polar surface area (TPSA) is 55.9 Å². The SMILES string of the molecule is CCC(Cc1cc(Cl)ccc1C1CCN(C(=O)CNC(=O)N2CCCC2)CC1)CN1CCC(F)C1. The van der Waals surface area contributed by atoms with Gasteiger partial charge in [-0.2, -0.15) is 0 Å². The number of hydrogen-bond donors (Lipinski definition) is 1. The van der Waals surface area contributed by atoms with Gasteiger partial charge in [0.05, 0.1) is 6.54 Å². The highest BCUT2D eigenvalue weighted by Crippen LogP contribution is 2.33. The average Bonchev–Trinajstić information content (AvgIpc) is 3.54. The van der Waals surface area contributed by atoms with Gasteiger partial charge in [-0.15, -0.1) is 0 Å². The van der Waals surface area contributed by atoms with E-state index < -0.39 is 6.17 Å². The summed E-state index contributed by atoms with van der Waals surface area (Å²) in [6.45, 7) is 7.59. The number of rotatable bonds is 8. The highest BCUT2D eigenvalue weighted by molar-refractivity contribution is 6.30. The molecule has 3 fully saturated rings. The molecular weight excluding hydrogens is 467 g/mol. The van der Waals surface area contributed by atoms with Gasteiger partial charge in [-0.05, 0) is 73.6 Å². The van der Waals surface area contributed by atoms with Crippen LogP contribution in [0.5, 0.6) is 0 Å². The maximum absolute atomic E-state index is 13.7. The van der Waals surface area contributed by atoms with Crippen molar-refractivity contribution in [1.29, 1.82) is 0 Å². The Hall–Kier alpha value is -1.86. The molecule has 1 aromatic carbocycles. The van der Waals surface area contributed by atoms with E-state index in [-0.39, 0.29) is 18.5 Å². The summed E-state index contributed by atoms with van der Waals surface area (Å²) in [6.07, 6.45) is 5.86. The van der Waals surface area contributed by atoms with Gasteiger partial charge >= 0.3 is 6.03 Å². The molecule has 2 unspecified atom stereocenters. The fraction of sp³-hybridized carbons (Fsp3) is 0.704. The third kappa shape index (κ3) is 7.10. The van der Waals surface area contributed by atoms with Crippen LogP contribution in [0.4, 0.5) is 9.18 Å². The minimum atomic E-state index is -0.685. The van der Waals surface area contributed by atoms with Crippen molar-refractivity contribution in [2.75, 3.05) is 52.4 Å². The Bertz CT molecular complexity index is 871. The van der Waals surface area contributed by atoms with Gasteiger partial charge in [0, 0.05) is 50.8 Å². The highest BCUT2D eigenvalue weighted by Gasteiger charge is 2.28. The summed E-state index contributed by atoms with van der Waals surface area (Å²) in [5, 5.41) is 3.55. The lowest BCUT2D eigenvalue weighted by molar-refractivity contribution is -0.131. The number of halogens is 2. The number of likely N-dealkylation sites (tertiary alicyclic amines) is 3. The second-order valence-corrected chi connectivity index (χ2v) is 10.9. The van der Waals surface area contributed by atoms with Crippen LogP contribution in [0.2, 0.25) is 5.02 Å². The lowest BCUT2D eigenvalue weighted by Gasteiger charge is -2.34. The molecule has 3 aliphatic heterocycles. The normalized spacial score (nSPS) is 22.5. The number of benzene rings is 1. The van der Waals surface area contributed by atoms with E-state index in [9.17, 15) is 14.0 Å². The van der Waals surface area contributed by atoms with Crippen molar-refractivity contribution in [3.05, 3.63) is 34.3 Å². The smallest absolute Gasteiger partial charge is 0.317 e. The van der Waals surface area contributed by atoms with Gasteiger partial charge in [-0.1, -0.05) is 31.0 Å². The number of carbonyl (C=O) groups is 2. The number of piperidine rings is 1. The molecule has 6 nitrogen and oxygen atoms in total. The molecule has 0 bridgehead atoms. The van der Waals surface area contributed by atoms with Gasteiger partial charge in [-0.3, -0.25) is 4.79 Å². The molecule has 194 valence electrons. The number of nitrogens with one attached hydrogen (secondary N) is 1. The Kier molecular flexibility index (Phi) is 9.28. The van der Waals surface area contributed by atoms with Crippen LogP contribution >= 0.6 is 11.6 Å². The molecule has 8 heteroatoms. The number of nitrogens with zero attached hydrogens (tertiary/aromatic N) is 3. The molecule has 0 aliphatic carbocycles. The molecule has 3 heterocycles. The molecule has 0 saturated carbocycles. The Morgan fingerprint density at radius 3 is 2.49 bits per heavy atom. The standard InChI is InChI=1S/C27H40ClFN4O2/c1-2-20(18-31-12-9-24(29)19-31)15-22-16-23(28)5-6-25(22)21-7-13-32(14-8-21)26(34)17-30-27(35)33-10-3-4-11-33/h5-6,16,20-21,24H,2-4,7-15,17-19H2,1H3,(H,30,35). The lowest BCUT2D eigenvalue weighted by atomic mass is 9.83. The molecule has 0 aromatic heterocycles. The van der Waals surface area contributed by atoms with E-state index >= 15 is 0 Å². The van der Waals surface area contributed by atoms with Crippen molar-refractivity contribution >= 4 is 23.5 Å². The minimum absolute atomic E-state index is 0.00449. The predicted octanol–water partition coefficient (Wildman–Crippen LogP) is 4.46. The molecule has 3 aliphatic rings. The van der Waals surface area contributed by atoms with E-state index in [4.69, 9.17) is 11.6 Å². The number of carbonyl (C=O) groups excluding carboxylic acids is 2. The third-order valence-electron chi connectivity index (χ3n) is 7.99. The van der Waals surface area contributed by atoms with Gasteiger partial charge < -0.3 is 20.0 Å². The number of urea groups is 1. The maximum Gasteiger partial charge on any atom is 0.317 e. The van der Waals surface area contributed by atoms with Gasteiger partial charge in [0.15, 0.2) is 0 Å². The monoisotopic (exact) mass is 506 g/mol. The van der Waals surface area contributed by atoms with Crippen LogP contribution in [0.3, 0.4) is 0 Å². The molecule has 2 atom stereocenters. The second-order valence-electron chi connectivity index (χ2n) is 10.5. The molecule has 0 spiro atoms. The van der Waals surface area contributed by atoms with Crippen molar-refractivity contribution in [2.45, 2.75) is 64.0 Å². The summed E-state index contributed by atoms with van der Waals surface area (Å²) in [7, 11) is 0.